The number of benzene rings is 2. The minimum Gasteiger partial charge on any atom is -0.483 e. The average Bonchev–Trinajstić information content (AvgIpc) is 2.95. The van der Waals surface area contributed by atoms with Gasteiger partial charge in [-0.3, -0.25) is 4.79 Å². The van der Waals surface area contributed by atoms with E-state index in [4.69, 9.17) is 4.74 Å². The molecule has 0 atom stereocenters. The molecule has 1 N–H and O–H groups in total. The number of nitrogens with one attached hydrogen (secondary N) is 1. The molecule has 26 heavy (non-hydrogen) atoms. The van der Waals surface area contributed by atoms with Gasteiger partial charge in [0.15, 0.2) is 6.61 Å². The fraction of sp³-hybridized carbons (Fsp3) is 0.238. The van der Waals surface area contributed by atoms with Crippen LogP contribution in [-0.2, 0) is 11.2 Å². The summed E-state index contributed by atoms with van der Waals surface area (Å²) >= 11 is 0. The number of rotatable bonds is 6. The van der Waals surface area contributed by atoms with Crippen molar-refractivity contribution in [2.24, 2.45) is 0 Å². The van der Waals surface area contributed by atoms with Crippen molar-refractivity contribution in [1.29, 1.82) is 0 Å². The first-order chi connectivity index (χ1) is 12.6. The third-order valence-corrected chi connectivity index (χ3v) is 4.27. The van der Waals surface area contributed by atoms with Crippen LogP contribution < -0.4 is 10.1 Å². The van der Waals surface area contributed by atoms with Gasteiger partial charge in [-0.05, 0) is 44.0 Å². The molecule has 2 aromatic carbocycles. The average molecular weight is 349 g/mol. The minimum absolute atomic E-state index is 0.0353. The molecule has 1 amide bonds. The molecule has 1 aromatic heterocycles. The normalized spacial score (nSPS) is 10.6. The fourth-order valence-corrected chi connectivity index (χ4v) is 2.90. The summed E-state index contributed by atoms with van der Waals surface area (Å²) in [5.41, 5.74) is 4.43. The Labute approximate surface area is 153 Å². The second kappa shape index (κ2) is 7.87. The second-order valence-corrected chi connectivity index (χ2v) is 6.09. The number of carbonyl (C=O) groups is 1. The van der Waals surface area contributed by atoms with E-state index in [0.717, 1.165) is 40.5 Å². The van der Waals surface area contributed by atoms with Crippen molar-refractivity contribution >= 4 is 11.6 Å². The first-order valence-corrected chi connectivity index (χ1v) is 8.72. The standard InChI is InChI=1S/C21H23N3O2/c1-4-17-10-8-9-13-19(17)26-14-20(25)22-21-15(2)23-24(16(21)3)18-11-6-5-7-12-18/h5-13H,4,14H2,1-3H3,(H,22,25). The van der Waals surface area contributed by atoms with Gasteiger partial charge in [0, 0.05) is 0 Å². The van der Waals surface area contributed by atoms with Gasteiger partial charge in [-0.15, -0.1) is 0 Å². The van der Waals surface area contributed by atoms with Gasteiger partial charge in [0.2, 0.25) is 0 Å². The molecule has 0 fully saturated rings. The van der Waals surface area contributed by atoms with E-state index < -0.39 is 0 Å². The van der Waals surface area contributed by atoms with Crippen LogP contribution in [0.15, 0.2) is 54.6 Å². The van der Waals surface area contributed by atoms with Crippen molar-refractivity contribution in [3.8, 4) is 11.4 Å². The summed E-state index contributed by atoms with van der Waals surface area (Å²) in [6, 6.07) is 17.6. The van der Waals surface area contributed by atoms with Crippen molar-refractivity contribution < 1.29 is 9.53 Å². The summed E-state index contributed by atoms with van der Waals surface area (Å²) in [5.74, 6) is 0.549. The number of aryl methyl sites for hydroxylation is 2. The molecule has 0 saturated carbocycles. The highest BCUT2D eigenvalue weighted by Gasteiger charge is 2.15. The lowest BCUT2D eigenvalue weighted by Crippen LogP contribution is -2.21. The molecule has 0 aliphatic rings. The van der Waals surface area contributed by atoms with E-state index in [2.05, 4.69) is 17.3 Å². The van der Waals surface area contributed by atoms with Crippen LogP contribution in [-0.4, -0.2) is 22.3 Å². The predicted octanol–water partition coefficient (Wildman–Crippen LogP) is 4.07. The van der Waals surface area contributed by atoms with E-state index in [0.29, 0.717) is 0 Å². The number of ether oxygens (including phenoxy) is 1. The van der Waals surface area contributed by atoms with Crippen LogP contribution in [0, 0.1) is 13.8 Å². The lowest BCUT2D eigenvalue weighted by atomic mass is 10.1. The molecule has 1 heterocycles. The van der Waals surface area contributed by atoms with Crippen molar-refractivity contribution in [2.75, 3.05) is 11.9 Å². The number of hydrogen-bond donors (Lipinski definition) is 1. The van der Waals surface area contributed by atoms with Gasteiger partial charge in [-0.1, -0.05) is 43.3 Å². The number of amides is 1. The molecule has 0 bridgehead atoms. The Kier molecular flexibility index (Phi) is 5.37. The maximum atomic E-state index is 12.4. The Bertz CT molecular complexity index is 901. The quantitative estimate of drug-likeness (QED) is 0.730. The van der Waals surface area contributed by atoms with Crippen LogP contribution in [0.2, 0.25) is 0 Å². The Hall–Kier alpha value is -3.08. The lowest BCUT2D eigenvalue weighted by Gasteiger charge is -2.11. The van der Waals surface area contributed by atoms with E-state index in [9.17, 15) is 4.79 Å². The molecule has 0 aliphatic carbocycles. The van der Waals surface area contributed by atoms with Crippen LogP contribution in [0.1, 0.15) is 23.9 Å². The third kappa shape index (κ3) is 3.77. The number of carbonyl (C=O) groups excluding carboxylic acids is 1. The van der Waals surface area contributed by atoms with Crippen molar-refractivity contribution in [3.05, 3.63) is 71.5 Å². The monoisotopic (exact) mass is 349 g/mol. The molecular formula is C21H23N3O2. The molecule has 3 aromatic rings. The smallest absolute Gasteiger partial charge is 0.262 e. The Morgan fingerprint density at radius 2 is 1.77 bits per heavy atom. The van der Waals surface area contributed by atoms with E-state index in [1.54, 1.807) is 0 Å². The van der Waals surface area contributed by atoms with Crippen LogP contribution in [0.5, 0.6) is 5.75 Å². The SMILES string of the molecule is CCc1ccccc1OCC(=O)Nc1c(C)nn(-c2ccccc2)c1C. The summed E-state index contributed by atoms with van der Waals surface area (Å²) in [7, 11) is 0. The molecule has 0 unspecified atom stereocenters. The molecule has 0 aliphatic heterocycles. The van der Waals surface area contributed by atoms with E-state index >= 15 is 0 Å². The molecule has 3 rings (SSSR count). The highest BCUT2D eigenvalue weighted by Crippen LogP contribution is 2.23. The minimum atomic E-state index is -0.199. The van der Waals surface area contributed by atoms with Crippen molar-refractivity contribution in [1.82, 2.24) is 9.78 Å². The Balaban J connectivity index is 1.71. The molecule has 0 saturated heterocycles. The number of aromatic nitrogens is 2. The van der Waals surface area contributed by atoms with Crippen LogP contribution in [0.25, 0.3) is 5.69 Å². The van der Waals surface area contributed by atoms with Gasteiger partial charge in [0.1, 0.15) is 5.75 Å². The fourth-order valence-electron chi connectivity index (χ4n) is 2.90. The summed E-state index contributed by atoms with van der Waals surface area (Å²) in [6.45, 7) is 5.85. The molecule has 134 valence electrons. The zero-order valence-corrected chi connectivity index (χ0v) is 15.3. The summed E-state index contributed by atoms with van der Waals surface area (Å²) in [6.07, 6.45) is 0.861. The predicted molar refractivity (Wildman–Crippen MR) is 103 cm³/mol. The van der Waals surface area contributed by atoms with Crippen LogP contribution in [0.4, 0.5) is 5.69 Å². The molecule has 5 heteroatoms. The molecule has 0 radical (unpaired) electrons. The van der Waals surface area contributed by atoms with Gasteiger partial charge >= 0.3 is 0 Å². The maximum Gasteiger partial charge on any atom is 0.262 e. The third-order valence-electron chi connectivity index (χ3n) is 4.27. The zero-order chi connectivity index (χ0) is 18.5. The molecular weight excluding hydrogens is 326 g/mol. The van der Waals surface area contributed by atoms with Crippen molar-refractivity contribution in [3.63, 3.8) is 0 Å². The second-order valence-electron chi connectivity index (χ2n) is 6.09. The van der Waals surface area contributed by atoms with Gasteiger partial charge < -0.3 is 10.1 Å². The first-order valence-electron chi connectivity index (χ1n) is 8.72. The van der Waals surface area contributed by atoms with Gasteiger partial charge in [0.25, 0.3) is 5.91 Å². The number of nitrogens with zero attached hydrogens (tertiary/aromatic N) is 2. The van der Waals surface area contributed by atoms with E-state index in [1.165, 1.54) is 0 Å². The largest absolute Gasteiger partial charge is 0.483 e. The molecule has 0 spiro atoms. The van der Waals surface area contributed by atoms with Crippen molar-refractivity contribution in [2.45, 2.75) is 27.2 Å². The van der Waals surface area contributed by atoms with Gasteiger partial charge in [-0.2, -0.15) is 5.10 Å². The topological polar surface area (TPSA) is 56.1 Å². The zero-order valence-electron chi connectivity index (χ0n) is 15.3. The summed E-state index contributed by atoms with van der Waals surface area (Å²) in [4.78, 5) is 12.4. The van der Waals surface area contributed by atoms with E-state index in [-0.39, 0.29) is 12.5 Å². The number of anilines is 1. The first kappa shape index (κ1) is 17.7. The molecule has 5 nitrogen and oxygen atoms in total. The van der Waals surface area contributed by atoms with E-state index in [1.807, 2.05) is 73.1 Å². The van der Waals surface area contributed by atoms with Gasteiger partial charge in [-0.25, -0.2) is 4.68 Å². The summed E-state index contributed by atoms with van der Waals surface area (Å²) in [5, 5.41) is 7.47. The van der Waals surface area contributed by atoms with Crippen LogP contribution in [0.3, 0.4) is 0 Å². The summed E-state index contributed by atoms with van der Waals surface area (Å²) < 4.78 is 7.53. The number of para-hydroxylation sites is 2. The Morgan fingerprint density at radius 1 is 1.08 bits per heavy atom. The lowest BCUT2D eigenvalue weighted by molar-refractivity contribution is -0.118. The highest BCUT2D eigenvalue weighted by molar-refractivity contribution is 5.93. The maximum absolute atomic E-state index is 12.4. The van der Waals surface area contributed by atoms with Gasteiger partial charge in [0.05, 0.1) is 22.8 Å². The number of hydrogen-bond acceptors (Lipinski definition) is 3. The van der Waals surface area contributed by atoms with Crippen LogP contribution >= 0.6 is 0 Å². The Morgan fingerprint density at radius 3 is 2.50 bits per heavy atom. The highest BCUT2D eigenvalue weighted by atomic mass is 16.5.